The molecule has 0 fully saturated rings. The van der Waals surface area contributed by atoms with Gasteiger partial charge in [0.15, 0.2) is 0 Å². The lowest BCUT2D eigenvalue weighted by molar-refractivity contribution is -0.138. The molecule has 7 heteroatoms. The summed E-state index contributed by atoms with van der Waals surface area (Å²) in [5, 5.41) is 16.1. The number of carbonyl (C=O) groups is 2. The van der Waals surface area contributed by atoms with Crippen LogP contribution in [0.5, 0.6) is 5.75 Å². The first-order chi connectivity index (χ1) is 14.7. The Kier molecular flexibility index (Phi) is 6.74. The van der Waals surface area contributed by atoms with E-state index in [1.807, 2.05) is 28.9 Å². The molecule has 0 unspecified atom stereocenters. The SMILES string of the molecule is CC(C)(C)n1nc(COc2ccc(NC(=O)CCC(=O)O)cc2)cc1-c1ccccc1. The second kappa shape index (κ2) is 9.47. The highest BCUT2D eigenvalue weighted by atomic mass is 16.5. The van der Waals surface area contributed by atoms with E-state index in [1.54, 1.807) is 24.3 Å². The summed E-state index contributed by atoms with van der Waals surface area (Å²) in [7, 11) is 0. The molecule has 2 aromatic carbocycles. The van der Waals surface area contributed by atoms with E-state index in [0.29, 0.717) is 18.0 Å². The van der Waals surface area contributed by atoms with Gasteiger partial charge in [-0.2, -0.15) is 5.10 Å². The number of carboxylic acid groups (broad SMARTS) is 1. The Hall–Kier alpha value is -3.61. The van der Waals surface area contributed by atoms with Gasteiger partial charge in [0.2, 0.25) is 5.91 Å². The number of carboxylic acids is 1. The third-order valence-corrected chi connectivity index (χ3v) is 4.56. The molecule has 0 aliphatic rings. The van der Waals surface area contributed by atoms with Gasteiger partial charge in [0, 0.05) is 12.1 Å². The molecule has 0 saturated heterocycles. The van der Waals surface area contributed by atoms with Gasteiger partial charge in [0.25, 0.3) is 0 Å². The van der Waals surface area contributed by atoms with E-state index < -0.39 is 5.97 Å². The van der Waals surface area contributed by atoms with E-state index >= 15 is 0 Å². The normalized spacial score (nSPS) is 11.2. The number of aromatic nitrogens is 2. The number of nitrogens with zero attached hydrogens (tertiary/aromatic N) is 2. The van der Waals surface area contributed by atoms with E-state index in [1.165, 1.54) is 0 Å². The van der Waals surface area contributed by atoms with Crippen LogP contribution in [0.2, 0.25) is 0 Å². The summed E-state index contributed by atoms with van der Waals surface area (Å²) < 4.78 is 7.89. The van der Waals surface area contributed by atoms with Crippen molar-refractivity contribution in [2.24, 2.45) is 0 Å². The number of aliphatic carboxylic acids is 1. The van der Waals surface area contributed by atoms with Gasteiger partial charge >= 0.3 is 5.97 Å². The fourth-order valence-corrected chi connectivity index (χ4v) is 3.06. The third kappa shape index (κ3) is 6.18. The zero-order chi connectivity index (χ0) is 22.4. The monoisotopic (exact) mass is 421 g/mol. The van der Waals surface area contributed by atoms with Crippen LogP contribution >= 0.6 is 0 Å². The van der Waals surface area contributed by atoms with E-state index in [-0.39, 0.29) is 24.3 Å². The number of benzene rings is 2. The molecule has 0 spiro atoms. The molecule has 162 valence electrons. The number of ether oxygens (including phenoxy) is 1. The van der Waals surface area contributed by atoms with Crippen LogP contribution in [0.4, 0.5) is 5.69 Å². The average molecular weight is 421 g/mol. The molecular weight excluding hydrogens is 394 g/mol. The molecule has 1 amide bonds. The van der Waals surface area contributed by atoms with E-state index in [9.17, 15) is 9.59 Å². The van der Waals surface area contributed by atoms with Gasteiger partial charge in [-0.3, -0.25) is 14.3 Å². The maximum Gasteiger partial charge on any atom is 0.303 e. The van der Waals surface area contributed by atoms with Crippen LogP contribution < -0.4 is 10.1 Å². The lowest BCUT2D eigenvalue weighted by Crippen LogP contribution is -2.24. The Bertz CT molecular complexity index is 1030. The fourth-order valence-electron chi connectivity index (χ4n) is 3.06. The van der Waals surface area contributed by atoms with Crippen LogP contribution in [0.3, 0.4) is 0 Å². The summed E-state index contributed by atoms with van der Waals surface area (Å²) in [6.07, 6.45) is -0.257. The molecule has 0 atom stereocenters. The van der Waals surface area contributed by atoms with Crippen molar-refractivity contribution in [3.63, 3.8) is 0 Å². The van der Waals surface area contributed by atoms with Gasteiger partial charge in [0.05, 0.1) is 17.7 Å². The Morgan fingerprint density at radius 1 is 1.03 bits per heavy atom. The van der Waals surface area contributed by atoms with Crippen LogP contribution in [-0.4, -0.2) is 26.8 Å². The molecule has 1 aromatic heterocycles. The van der Waals surface area contributed by atoms with Crippen LogP contribution in [-0.2, 0) is 21.7 Å². The van der Waals surface area contributed by atoms with Crippen molar-refractivity contribution in [3.8, 4) is 17.0 Å². The zero-order valence-corrected chi connectivity index (χ0v) is 18.0. The summed E-state index contributed by atoms with van der Waals surface area (Å²) in [5.41, 5.74) is 3.36. The number of anilines is 1. The van der Waals surface area contributed by atoms with E-state index in [0.717, 1.165) is 17.0 Å². The molecule has 3 aromatic rings. The van der Waals surface area contributed by atoms with Gasteiger partial charge in [0.1, 0.15) is 18.1 Å². The lowest BCUT2D eigenvalue weighted by atomic mass is 10.1. The Labute approximate surface area is 181 Å². The summed E-state index contributed by atoms with van der Waals surface area (Å²) >= 11 is 0. The first-order valence-corrected chi connectivity index (χ1v) is 10.1. The Morgan fingerprint density at radius 2 is 1.71 bits per heavy atom. The first-order valence-electron chi connectivity index (χ1n) is 10.1. The molecule has 31 heavy (non-hydrogen) atoms. The minimum absolute atomic E-state index is 0.0617. The Morgan fingerprint density at radius 3 is 2.32 bits per heavy atom. The Balaban J connectivity index is 1.65. The minimum Gasteiger partial charge on any atom is -0.487 e. The molecule has 0 bridgehead atoms. The van der Waals surface area contributed by atoms with Crippen molar-refractivity contribution in [2.75, 3.05) is 5.32 Å². The van der Waals surface area contributed by atoms with Gasteiger partial charge in [-0.15, -0.1) is 0 Å². The van der Waals surface area contributed by atoms with Crippen molar-refractivity contribution in [3.05, 3.63) is 66.4 Å². The van der Waals surface area contributed by atoms with Crippen molar-refractivity contribution in [1.29, 1.82) is 0 Å². The molecule has 0 saturated carbocycles. The average Bonchev–Trinajstić information content (AvgIpc) is 3.17. The highest BCUT2D eigenvalue weighted by Crippen LogP contribution is 2.27. The predicted octanol–water partition coefficient (Wildman–Crippen LogP) is 4.69. The third-order valence-electron chi connectivity index (χ3n) is 4.56. The van der Waals surface area contributed by atoms with Gasteiger partial charge in [-0.05, 0) is 56.7 Å². The van der Waals surface area contributed by atoms with Crippen LogP contribution in [0.15, 0.2) is 60.7 Å². The maximum atomic E-state index is 11.7. The maximum absolute atomic E-state index is 11.7. The number of nitrogens with one attached hydrogen (secondary N) is 1. The van der Waals surface area contributed by atoms with Crippen molar-refractivity contribution >= 4 is 17.6 Å². The smallest absolute Gasteiger partial charge is 0.303 e. The summed E-state index contributed by atoms with van der Waals surface area (Å²) in [5.74, 6) is -0.685. The van der Waals surface area contributed by atoms with E-state index in [2.05, 4.69) is 38.2 Å². The highest BCUT2D eigenvalue weighted by molar-refractivity contribution is 5.92. The summed E-state index contributed by atoms with van der Waals surface area (Å²) in [6.45, 7) is 6.65. The van der Waals surface area contributed by atoms with Crippen molar-refractivity contribution in [2.45, 2.75) is 45.8 Å². The minimum atomic E-state index is -0.997. The molecular formula is C24H27N3O4. The first kappa shape index (κ1) is 22.1. The quantitative estimate of drug-likeness (QED) is 0.550. The topological polar surface area (TPSA) is 93.5 Å². The molecule has 0 aliphatic carbocycles. The number of carbonyl (C=O) groups excluding carboxylic acids is 1. The number of rotatable bonds is 8. The lowest BCUT2D eigenvalue weighted by Gasteiger charge is -2.22. The van der Waals surface area contributed by atoms with Gasteiger partial charge in [-0.25, -0.2) is 0 Å². The van der Waals surface area contributed by atoms with Crippen molar-refractivity contribution in [1.82, 2.24) is 9.78 Å². The molecule has 0 radical (unpaired) electrons. The van der Waals surface area contributed by atoms with Gasteiger partial charge < -0.3 is 15.2 Å². The molecule has 3 rings (SSSR count). The van der Waals surface area contributed by atoms with Gasteiger partial charge in [-0.1, -0.05) is 30.3 Å². The fraction of sp³-hybridized carbons (Fsp3) is 0.292. The standard InChI is InChI=1S/C24H27N3O4/c1-24(2,3)27-21(17-7-5-4-6-8-17)15-19(26-27)16-31-20-11-9-18(10-12-20)25-22(28)13-14-23(29)30/h4-12,15H,13-14,16H2,1-3H3,(H,25,28)(H,29,30). The number of hydrogen-bond donors (Lipinski definition) is 2. The molecule has 7 nitrogen and oxygen atoms in total. The molecule has 1 heterocycles. The molecule has 0 aliphatic heterocycles. The highest BCUT2D eigenvalue weighted by Gasteiger charge is 2.20. The van der Waals surface area contributed by atoms with Crippen LogP contribution in [0.1, 0.15) is 39.3 Å². The zero-order valence-electron chi connectivity index (χ0n) is 18.0. The number of hydrogen-bond acceptors (Lipinski definition) is 4. The van der Waals surface area contributed by atoms with Crippen LogP contribution in [0.25, 0.3) is 11.3 Å². The van der Waals surface area contributed by atoms with Crippen molar-refractivity contribution < 1.29 is 19.4 Å². The predicted molar refractivity (Wildman–Crippen MR) is 119 cm³/mol. The second-order valence-electron chi connectivity index (χ2n) is 8.22. The summed E-state index contributed by atoms with van der Waals surface area (Å²) in [4.78, 5) is 22.3. The largest absolute Gasteiger partial charge is 0.487 e. The summed E-state index contributed by atoms with van der Waals surface area (Å²) in [6, 6.07) is 19.1. The molecule has 2 N–H and O–H groups in total. The van der Waals surface area contributed by atoms with E-state index in [4.69, 9.17) is 14.9 Å². The van der Waals surface area contributed by atoms with Crippen LogP contribution in [0, 0.1) is 0 Å². The second-order valence-corrected chi connectivity index (χ2v) is 8.22. The number of amides is 1.